The van der Waals surface area contributed by atoms with Crippen LogP contribution >= 0.6 is 11.3 Å². The Morgan fingerprint density at radius 2 is 2.07 bits per heavy atom. The lowest BCUT2D eigenvalue weighted by molar-refractivity contribution is 0.113. The van der Waals surface area contributed by atoms with Gasteiger partial charge in [-0.25, -0.2) is 4.79 Å². The van der Waals surface area contributed by atoms with Crippen molar-refractivity contribution in [1.29, 1.82) is 0 Å². The Morgan fingerprint density at radius 3 is 2.78 bits per heavy atom. The maximum absolute atomic E-state index is 12.5. The maximum atomic E-state index is 12.5. The minimum Gasteiger partial charge on any atom is -0.497 e. The van der Waals surface area contributed by atoms with Crippen molar-refractivity contribution in [3.05, 3.63) is 40.5 Å². The number of anilines is 2. The Bertz CT molecular complexity index is 964. The summed E-state index contributed by atoms with van der Waals surface area (Å²) in [5.74, 6) is 1.68. The van der Waals surface area contributed by atoms with Crippen molar-refractivity contribution in [1.82, 2.24) is 10.1 Å². The number of ether oxygens (including phenoxy) is 2. The fraction of sp³-hybridized carbons (Fsp3) is 0.278. The van der Waals surface area contributed by atoms with Crippen molar-refractivity contribution in [2.45, 2.75) is 20.0 Å². The highest BCUT2D eigenvalue weighted by Crippen LogP contribution is 2.42. The molecule has 9 heteroatoms. The van der Waals surface area contributed by atoms with Crippen molar-refractivity contribution in [2.75, 3.05) is 24.4 Å². The molecule has 27 heavy (non-hydrogen) atoms. The molecule has 3 heterocycles. The van der Waals surface area contributed by atoms with E-state index in [-0.39, 0.29) is 6.03 Å². The number of fused-ring (bicyclic) bond motifs is 1. The smallest absolute Gasteiger partial charge is 0.324 e. The van der Waals surface area contributed by atoms with Gasteiger partial charge < -0.3 is 19.3 Å². The minimum atomic E-state index is -0.350. The number of rotatable bonds is 4. The summed E-state index contributed by atoms with van der Waals surface area (Å²) >= 11 is 1.47. The average Bonchev–Trinajstić information content (AvgIpc) is 3.24. The number of aromatic nitrogens is 2. The Kier molecular flexibility index (Phi) is 4.78. The molecule has 0 atom stereocenters. The number of carbonyl (C=O) groups is 1. The molecule has 4 rings (SSSR count). The molecule has 0 fully saturated rings. The molecule has 2 aromatic heterocycles. The number of urea groups is 1. The number of amides is 2. The largest absolute Gasteiger partial charge is 0.497 e. The van der Waals surface area contributed by atoms with Gasteiger partial charge >= 0.3 is 6.03 Å². The second-order valence-electron chi connectivity index (χ2n) is 5.96. The van der Waals surface area contributed by atoms with Gasteiger partial charge in [0.2, 0.25) is 0 Å². The molecule has 3 aromatic rings. The third kappa shape index (κ3) is 3.64. The summed E-state index contributed by atoms with van der Waals surface area (Å²) in [6.45, 7) is 2.90. The van der Waals surface area contributed by atoms with Crippen molar-refractivity contribution >= 4 is 28.1 Å². The number of methoxy groups -OCH3 is 1. The van der Waals surface area contributed by atoms with E-state index in [4.69, 9.17) is 14.0 Å². The van der Waals surface area contributed by atoms with Gasteiger partial charge in [-0.15, -0.1) is 11.3 Å². The fourth-order valence-electron chi connectivity index (χ4n) is 2.89. The fourth-order valence-corrected chi connectivity index (χ4v) is 4.06. The van der Waals surface area contributed by atoms with E-state index in [0.717, 1.165) is 28.2 Å². The summed E-state index contributed by atoms with van der Waals surface area (Å²) in [4.78, 5) is 17.9. The second-order valence-corrected chi connectivity index (χ2v) is 7.07. The molecule has 0 saturated heterocycles. The highest BCUT2D eigenvalue weighted by molar-refractivity contribution is 7.17. The van der Waals surface area contributed by atoms with Gasteiger partial charge in [-0.1, -0.05) is 5.16 Å². The molecule has 0 saturated carbocycles. The van der Waals surface area contributed by atoms with Gasteiger partial charge in [0.05, 0.1) is 25.9 Å². The molecule has 140 valence electrons. The monoisotopic (exact) mass is 386 g/mol. The number of hydrogen-bond donors (Lipinski definition) is 2. The van der Waals surface area contributed by atoms with Gasteiger partial charge in [0.15, 0.2) is 5.82 Å². The number of hydrogen-bond acceptors (Lipinski definition) is 7. The lowest BCUT2D eigenvalue weighted by atomic mass is 10.1. The molecule has 1 aromatic carbocycles. The number of nitrogens with one attached hydrogen (secondary N) is 2. The van der Waals surface area contributed by atoms with E-state index >= 15 is 0 Å². The highest BCUT2D eigenvalue weighted by atomic mass is 32.1. The molecule has 0 unspecified atom stereocenters. The number of thiophene rings is 1. The van der Waals surface area contributed by atoms with Gasteiger partial charge in [-0.05, 0) is 43.2 Å². The first-order valence-electron chi connectivity index (χ1n) is 8.39. The van der Waals surface area contributed by atoms with Crippen LogP contribution in [0.1, 0.15) is 16.3 Å². The molecule has 0 bridgehead atoms. The molecule has 0 radical (unpaired) electrons. The van der Waals surface area contributed by atoms with Crippen LogP contribution in [0.5, 0.6) is 5.75 Å². The van der Waals surface area contributed by atoms with Crippen LogP contribution in [0.25, 0.3) is 11.5 Å². The Morgan fingerprint density at radius 1 is 1.26 bits per heavy atom. The van der Waals surface area contributed by atoms with Crippen molar-refractivity contribution < 1.29 is 18.8 Å². The zero-order valence-electron chi connectivity index (χ0n) is 14.9. The van der Waals surface area contributed by atoms with Crippen LogP contribution in [0.2, 0.25) is 0 Å². The molecule has 8 nitrogen and oxygen atoms in total. The highest BCUT2D eigenvalue weighted by Gasteiger charge is 2.26. The predicted molar refractivity (Wildman–Crippen MR) is 101 cm³/mol. The second kappa shape index (κ2) is 7.37. The van der Waals surface area contributed by atoms with Crippen LogP contribution in [0.4, 0.5) is 15.5 Å². The third-order valence-electron chi connectivity index (χ3n) is 4.14. The van der Waals surface area contributed by atoms with E-state index < -0.39 is 0 Å². The van der Waals surface area contributed by atoms with Gasteiger partial charge in [-0.2, -0.15) is 4.98 Å². The number of benzene rings is 1. The van der Waals surface area contributed by atoms with E-state index in [2.05, 4.69) is 20.8 Å². The molecular weight excluding hydrogens is 368 g/mol. The SMILES string of the molecule is COc1ccc(NC(=O)Nc2sc3c(c2-c2nc(C)no2)CCOC3)cc1. The number of carbonyl (C=O) groups excluding carboxylic acids is 1. The standard InChI is InChI=1S/C18H18N4O4S/c1-10-19-16(26-22-10)15-13-7-8-25-9-14(13)27-17(15)21-18(23)20-11-3-5-12(24-2)6-4-11/h3-6H,7-9H2,1-2H3,(H2,20,21,23). The van der Waals surface area contributed by atoms with Crippen LogP contribution in [0, 0.1) is 6.92 Å². The molecule has 0 spiro atoms. The van der Waals surface area contributed by atoms with Crippen LogP contribution in [-0.4, -0.2) is 29.9 Å². The summed E-state index contributed by atoms with van der Waals surface area (Å²) in [6.07, 6.45) is 0.740. The summed E-state index contributed by atoms with van der Waals surface area (Å²) in [5.41, 5.74) is 2.53. The van der Waals surface area contributed by atoms with Gasteiger partial charge in [0, 0.05) is 10.6 Å². The van der Waals surface area contributed by atoms with Crippen LogP contribution < -0.4 is 15.4 Å². The van der Waals surface area contributed by atoms with Gasteiger partial charge in [0.25, 0.3) is 5.89 Å². The third-order valence-corrected chi connectivity index (χ3v) is 5.26. The first-order chi connectivity index (χ1) is 13.1. The van der Waals surface area contributed by atoms with E-state index in [9.17, 15) is 4.79 Å². The van der Waals surface area contributed by atoms with Gasteiger partial charge in [0.1, 0.15) is 10.8 Å². The lowest BCUT2D eigenvalue weighted by Gasteiger charge is -2.12. The maximum Gasteiger partial charge on any atom is 0.324 e. The summed E-state index contributed by atoms with van der Waals surface area (Å²) in [5, 5.41) is 10.3. The van der Waals surface area contributed by atoms with Crippen molar-refractivity contribution in [2.24, 2.45) is 0 Å². The molecular formula is C18H18N4O4S. The van der Waals surface area contributed by atoms with Gasteiger partial charge in [-0.3, -0.25) is 5.32 Å². The van der Waals surface area contributed by atoms with Crippen molar-refractivity contribution in [3.63, 3.8) is 0 Å². The predicted octanol–water partition coefficient (Wildman–Crippen LogP) is 3.83. The normalized spacial score (nSPS) is 13.1. The molecule has 0 aliphatic carbocycles. The Labute approximate surface area is 159 Å². The van der Waals surface area contributed by atoms with Crippen LogP contribution in [0.15, 0.2) is 28.8 Å². The van der Waals surface area contributed by atoms with E-state index in [1.165, 1.54) is 11.3 Å². The first kappa shape index (κ1) is 17.5. The molecule has 1 aliphatic heterocycles. The zero-order valence-corrected chi connectivity index (χ0v) is 15.7. The Hall–Kier alpha value is -2.91. The van der Waals surface area contributed by atoms with Crippen LogP contribution in [-0.2, 0) is 17.8 Å². The zero-order chi connectivity index (χ0) is 18.8. The van der Waals surface area contributed by atoms with Crippen molar-refractivity contribution in [3.8, 4) is 17.2 Å². The minimum absolute atomic E-state index is 0.350. The van der Waals surface area contributed by atoms with Crippen LogP contribution in [0.3, 0.4) is 0 Å². The summed E-state index contributed by atoms with van der Waals surface area (Å²) in [6, 6.07) is 6.76. The average molecular weight is 386 g/mol. The summed E-state index contributed by atoms with van der Waals surface area (Å²) < 4.78 is 16.0. The Balaban J connectivity index is 1.59. The quantitative estimate of drug-likeness (QED) is 0.707. The topological polar surface area (TPSA) is 98.5 Å². The molecule has 2 amide bonds. The molecule has 1 aliphatic rings. The first-order valence-corrected chi connectivity index (χ1v) is 9.20. The van der Waals surface area contributed by atoms with E-state index in [1.54, 1.807) is 38.3 Å². The molecule has 2 N–H and O–H groups in total. The lowest BCUT2D eigenvalue weighted by Crippen LogP contribution is -2.19. The summed E-state index contributed by atoms with van der Waals surface area (Å²) in [7, 11) is 1.60. The van der Waals surface area contributed by atoms with E-state index in [0.29, 0.717) is 35.6 Å². The van der Waals surface area contributed by atoms with E-state index in [1.807, 2.05) is 0 Å². The number of nitrogens with zero attached hydrogens (tertiary/aromatic N) is 2. The number of aryl methyl sites for hydroxylation is 1.